The first-order valence-electron chi connectivity index (χ1n) is 7.37. The number of ether oxygens (including phenoxy) is 1. The number of hydrogen-bond donors (Lipinski definition) is 2. The molecule has 0 saturated heterocycles. The summed E-state index contributed by atoms with van der Waals surface area (Å²) in [5, 5.41) is 6.04. The summed E-state index contributed by atoms with van der Waals surface area (Å²) in [6, 6.07) is 9.39. The summed E-state index contributed by atoms with van der Waals surface area (Å²) in [4.78, 5) is 16.3. The van der Waals surface area contributed by atoms with Crippen LogP contribution in [0, 0.1) is 0 Å². The van der Waals surface area contributed by atoms with Gasteiger partial charge >= 0.3 is 6.09 Å². The van der Waals surface area contributed by atoms with Crippen molar-refractivity contribution in [3.8, 4) is 0 Å². The Hall–Kier alpha value is -1.60. The van der Waals surface area contributed by atoms with Gasteiger partial charge in [-0.3, -0.25) is 10.3 Å². The lowest BCUT2D eigenvalue weighted by Crippen LogP contribution is -2.27. The molecule has 0 fully saturated rings. The van der Waals surface area contributed by atoms with Crippen LogP contribution < -0.4 is 10.6 Å². The van der Waals surface area contributed by atoms with Crippen LogP contribution in [0.1, 0.15) is 26.5 Å². The molecule has 24 heavy (non-hydrogen) atoms. The van der Waals surface area contributed by atoms with Gasteiger partial charge in [-0.25, -0.2) is 4.79 Å². The van der Waals surface area contributed by atoms with E-state index in [9.17, 15) is 4.79 Å². The zero-order valence-electron chi connectivity index (χ0n) is 13.7. The van der Waals surface area contributed by atoms with Gasteiger partial charge in [-0.15, -0.1) is 0 Å². The minimum absolute atomic E-state index is 0.486. The van der Waals surface area contributed by atoms with Gasteiger partial charge in [0.15, 0.2) is 0 Å². The summed E-state index contributed by atoms with van der Waals surface area (Å²) >= 11 is 6.87. The Balaban J connectivity index is 2.07. The summed E-state index contributed by atoms with van der Waals surface area (Å²) < 4.78 is 7.10. The van der Waals surface area contributed by atoms with Gasteiger partial charge in [0.1, 0.15) is 5.60 Å². The number of carbonyl (C=O) groups is 1. The molecule has 1 aromatic heterocycles. The number of rotatable bonds is 4. The minimum atomic E-state index is -0.543. The van der Waals surface area contributed by atoms with Crippen molar-refractivity contribution in [1.82, 2.24) is 4.98 Å². The molecule has 1 aromatic carbocycles. The van der Waals surface area contributed by atoms with Crippen LogP contribution in [0.25, 0.3) is 0 Å². The standard InChI is InChI=1S/C17H19Br2N3O2/c1-17(2,3)24-16(23)22-14-7-5-4-6-13(14)21-10-15-12(19)8-11(18)9-20-15/h4-9,21H,10H2,1-3H3,(H,22,23). The number of pyridine rings is 1. The van der Waals surface area contributed by atoms with E-state index in [0.717, 1.165) is 20.3 Å². The van der Waals surface area contributed by atoms with Crippen LogP contribution in [0.15, 0.2) is 45.5 Å². The zero-order chi connectivity index (χ0) is 17.7. The van der Waals surface area contributed by atoms with Gasteiger partial charge in [-0.05, 0) is 70.8 Å². The second-order valence-corrected chi connectivity index (χ2v) is 7.88. The van der Waals surface area contributed by atoms with Crippen LogP contribution in [0.2, 0.25) is 0 Å². The molecular formula is C17H19Br2N3O2. The largest absolute Gasteiger partial charge is 0.444 e. The molecule has 5 nitrogen and oxygen atoms in total. The molecule has 0 aliphatic heterocycles. The fraction of sp³-hybridized carbons (Fsp3) is 0.294. The van der Waals surface area contributed by atoms with Crippen LogP contribution in [-0.4, -0.2) is 16.7 Å². The predicted octanol–water partition coefficient (Wildman–Crippen LogP) is 5.57. The van der Waals surface area contributed by atoms with Crippen LogP contribution in [0.4, 0.5) is 16.2 Å². The molecular weight excluding hydrogens is 438 g/mol. The van der Waals surface area contributed by atoms with Crippen molar-refractivity contribution < 1.29 is 9.53 Å². The molecule has 0 radical (unpaired) electrons. The van der Waals surface area contributed by atoms with E-state index in [1.807, 2.05) is 51.1 Å². The highest BCUT2D eigenvalue weighted by molar-refractivity contribution is 9.11. The third-order valence-electron chi connectivity index (χ3n) is 2.89. The number of amides is 1. The number of anilines is 2. The van der Waals surface area contributed by atoms with Crippen LogP contribution in [0.3, 0.4) is 0 Å². The Labute approximate surface area is 158 Å². The van der Waals surface area contributed by atoms with E-state index in [4.69, 9.17) is 4.74 Å². The first-order valence-corrected chi connectivity index (χ1v) is 8.96. The Morgan fingerprint density at radius 3 is 2.50 bits per heavy atom. The highest BCUT2D eigenvalue weighted by Gasteiger charge is 2.17. The lowest BCUT2D eigenvalue weighted by atomic mass is 10.2. The smallest absolute Gasteiger partial charge is 0.412 e. The van der Waals surface area contributed by atoms with E-state index in [-0.39, 0.29) is 0 Å². The van der Waals surface area contributed by atoms with Crippen LogP contribution in [-0.2, 0) is 11.3 Å². The molecule has 1 amide bonds. The molecule has 2 N–H and O–H groups in total. The maximum absolute atomic E-state index is 12.0. The van der Waals surface area contributed by atoms with Crippen LogP contribution in [0.5, 0.6) is 0 Å². The fourth-order valence-electron chi connectivity index (χ4n) is 1.91. The monoisotopic (exact) mass is 455 g/mol. The lowest BCUT2D eigenvalue weighted by molar-refractivity contribution is 0.0636. The highest BCUT2D eigenvalue weighted by atomic mass is 79.9. The fourth-order valence-corrected chi connectivity index (χ4v) is 3.04. The van der Waals surface area contributed by atoms with Gasteiger partial charge in [0, 0.05) is 15.1 Å². The second-order valence-electron chi connectivity index (χ2n) is 6.11. The molecule has 2 rings (SSSR count). The quantitative estimate of drug-likeness (QED) is 0.631. The van der Waals surface area contributed by atoms with Crippen LogP contribution >= 0.6 is 31.9 Å². The van der Waals surface area contributed by atoms with Crippen molar-refractivity contribution in [2.24, 2.45) is 0 Å². The van der Waals surface area contributed by atoms with Gasteiger partial charge < -0.3 is 10.1 Å². The summed E-state index contributed by atoms with van der Waals surface area (Å²) in [7, 11) is 0. The third-order valence-corrected chi connectivity index (χ3v) is 4.01. The summed E-state index contributed by atoms with van der Waals surface area (Å²) in [6.45, 7) is 6.00. The van der Waals surface area contributed by atoms with Gasteiger partial charge in [0.2, 0.25) is 0 Å². The molecule has 2 aromatic rings. The highest BCUT2D eigenvalue weighted by Crippen LogP contribution is 2.24. The number of aromatic nitrogens is 1. The lowest BCUT2D eigenvalue weighted by Gasteiger charge is -2.20. The molecule has 0 aliphatic carbocycles. The number of benzene rings is 1. The first kappa shape index (κ1) is 18.7. The topological polar surface area (TPSA) is 63.2 Å². The molecule has 0 spiro atoms. The maximum Gasteiger partial charge on any atom is 0.412 e. The SMILES string of the molecule is CC(C)(C)OC(=O)Nc1ccccc1NCc1ncc(Br)cc1Br. The van der Waals surface area contributed by atoms with Crippen molar-refractivity contribution in [1.29, 1.82) is 0 Å². The van der Waals surface area contributed by atoms with Crippen molar-refractivity contribution in [2.45, 2.75) is 32.9 Å². The number of nitrogens with zero attached hydrogens (tertiary/aromatic N) is 1. The molecule has 0 aliphatic rings. The normalized spacial score (nSPS) is 11.0. The third kappa shape index (κ3) is 5.79. The minimum Gasteiger partial charge on any atom is -0.444 e. The van der Waals surface area contributed by atoms with Crippen molar-refractivity contribution in [3.63, 3.8) is 0 Å². The van der Waals surface area contributed by atoms with E-state index in [1.54, 1.807) is 6.20 Å². The van der Waals surface area contributed by atoms with Crippen molar-refractivity contribution in [3.05, 3.63) is 51.2 Å². The van der Waals surface area contributed by atoms with Gasteiger partial charge in [-0.2, -0.15) is 0 Å². The maximum atomic E-state index is 12.0. The van der Waals surface area contributed by atoms with Crippen molar-refractivity contribution in [2.75, 3.05) is 10.6 Å². The molecule has 0 saturated carbocycles. The average molecular weight is 457 g/mol. The molecule has 1 heterocycles. The van der Waals surface area contributed by atoms with E-state index < -0.39 is 11.7 Å². The average Bonchev–Trinajstić information content (AvgIpc) is 2.46. The number of halogens is 2. The van der Waals surface area contributed by atoms with Crippen molar-refractivity contribution >= 4 is 49.3 Å². The van der Waals surface area contributed by atoms with E-state index in [2.05, 4.69) is 47.5 Å². The molecule has 128 valence electrons. The van der Waals surface area contributed by atoms with Gasteiger partial charge in [-0.1, -0.05) is 12.1 Å². The van der Waals surface area contributed by atoms with E-state index >= 15 is 0 Å². The zero-order valence-corrected chi connectivity index (χ0v) is 16.9. The van der Waals surface area contributed by atoms with Gasteiger partial charge in [0.05, 0.1) is 23.6 Å². The first-order chi connectivity index (χ1) is 11.2. The molecule has 0 atom stereocenters. The molecule has 0 unspecified atom stereocenters. The second kappa shape index (κ2) is 7.98. The summed E-state index contributed by atoms with van der Waals surface area (Å²) in [5.74, 6) is 0. The Kier molecular flexibility index (Phi) is 6.23. The number of para-hydroxylation sites is 2. The van der Waals surface area contributed by atoms with E-state index in [1.165, 1.54) is 0 Å². The number of nitrogens with one attached hydrogen (secondary N) is 2. The Morgan fingerprint density at radius 1 is 1.21 bits per heavy atom. The van der Waals surface area contributed by atoms with E-state index in [0.29, 0.717) is 12.2 Å². The van der Waals surface area contributed by atoms with Gasteiger partial charge in [0.25, 0.3) is 0 Å². The summed E-state index contributed by atoms with van der Waals surface area (Å²) in [5.41, 5.74) is 1.77. The number of hydrogen-bond acceptors (Lipinski definition) is 4. The Morgan fingerprint density at radius 2 is 1.88 bits per heavy atom. The molecule has 7 heteroatoms. The number of carbonyl (C=O) groups excluding carboxylic acids is 1. The Bertz CT molecular complexity index is 730. The molecule has 0 bridgehead atoms. The predicted molar refractivity (Wildman–Crippen MR) is 103 cm³/mol. The summed E-state index contributed by atoms with van der Waals surface area (Å²) in [6.07, 6.45) is 1.26.